The lowest BCUT2D eigenvalue weighted by Gasteiger charge is -2.15. The summed E-state index contributed by atoms with van der Waals surface area (Å²) in [7, 11) is 0. The van der Waals surface area contributed by atoms with Crippen molar-refractivity contribution in [2.75, 3.05) is 5.32 Å². The number of carbonyl (C=O) groups excluding carboxylic acids is 1. The van der Waals surface area contributed by atoms with E-state index in [1.807, 2.05) is 24.4 Å². The normalized spacial score (nSPS) is 14.9. The number of thiophene rings is 1. The molecular formula is C18H15Cl3N4OS2. The van der Waals surface area contributed by atoms with Crippen molar-refractivity contribution in [3.8, 4) is 10.7 Å². The first-order valence-corrected chi connectivity index (χ1v) is 11.4. The number of hydrogen-bond donors (Lipinski definition) is 1. The number of anilines is 1. The van der Waals surface area contributed by atoms with E-state index in [0.717, 1.165) is 28.7 Å². The minimum absolute atomic E-state index is 0.223. The monoisotopic (exact) mass is 472 g/mol. The van der Waals surface area contributed by atoms with Gasteiger partial charge in [0.15, 0.2) is 11.0 Å². The minimum atomic E-state index is -0.416. The molecule has 0 spiro atoms. The third-order valence-electron chi connectivity index (χ3n) is 4.22. The van der Waals surface area contributed by atoms with Crippen molar-refractivity contribution in [1.82, 2.24) is 14.8 Å². The number of carbonyl (C=O) groups is 1. The molecule has 146 valence electrons. The molecule has 1 unspecified atom stereocenters. The second-order valence-corrected chi connectivity index (χ2v) is 9.88. The molecule has 1 aromatic carbocycles. The molecule has 1 fully saturated rings. The molecule has 2 heterocycles. The van der Waals surface area contributed by atoms with Gasteiger partial charge in [-0.15, -0.1) is 21.5 Å². The molecule has 1 atom stereocenters. The molecule has 1 N–H and O–H groups in total. The van der Waals surface area contributed by atoms with Crippen LogP contribution >= 0.6 is 57.9 Å². The molecule has 5 nitrogen and oxygen atoms in total. The van der Waals surface area contributed by atoms with Gasteiger partial charge < -0.3 is 5.32 Å². The maximum atomic E-state index is 12.7. The number of halogens is 3. The van der Waals surface area contributed by atoms with Crippen molar-refractivity contribution < 1.29 is 4.79 Å². The van der Waals surface area contributed by atoms with Crippen molar-refractivity contribution in [2.45, 2.75) is 36.2 Å². The Morgan fingerprint density at radius 3 is 2.61 bits per heavy atom. The van der Waals surface area contributed by atoms with Crippen molar-refractivity contribution in [2.24, 2.45) is 0 Å². The number of amides is 1. The van der Waals surface area contributed by atoms with E-state index in [2.05, 4.69) is 20.1 Å². The van der Waals surface area contributed by atoms with Crippen LogP contribution in [0, 0.1) is 0 Å². The number of nitrogens with zero attached hydrogens (tertiary/aromatic N) is 3. The molecule has 0 saturated heterocycles. The van der Waals surface area contributed by atoms with Gasteiger partial charge in [-0.05, 0) is 43.3 Å². The third-order valence-corrected chi connectivity index (χ3v) is 6.96. The topological polar surface area (TPSA) is 59.8 Å². The summed E-state index contributed by atoms with van der Waals surface area (Å²) >= 11 is 21.2. The van der Waals surface area contributed by atoms with Crippen molar-refractivity contribution >= 4 is 69.5 Å². The van der Waals surface area contributed by atoms with E-state index in [4.69, 9.17) is 34.8 Å². The Balaban J connectivity index is 1.53. The Bertz CT molecular complexity index is 995. The molecule has 1 saturated carbocycles. The third kappa shape index (κ3) is 4.19. The van der Waals surface area contributed by atoms with Gasteiger partial charge >= 0.3 is 0 Å². The van der Waals surface area contributed by atoms with E-state index in [0.29, 0.717) is 26.8 Å². The number of aromatic nitrogens is 3. The fraction of sp³-hybridized carbons (Fsp3) is 0.278. The Hall–Kier alpha value is -1.25. The largest absolute Gasteiger partial charge is 0.323 e. The summed E-state index contributed by atoms with van der Waals surface area (Å²) in [6.45, 7) is 1.81. The zero-order valence-electron chi connectivity index (χ0n) is 14.7. The van der Waals surface area contributed by atoms with Gasteiger partial charge in [0.2, 0.25) is 5.91 Å². The minimum Gasteiger partial charge on any atom is -0.323 e. The Kier molecular flexibility index (Phi) is 5.90. The Labute approximate surface area is 185 Å². The highest BCUT2D eigenvalue weighted by atomic mass is 35.5. The van der Waals surface area contributed by atoms with Crippen molar-refractivity contribution in [3.05, 3.63) is 44.7 Å². The smallest absolute Gasteiger partial charge is 0.237 e. The number of nitrogens with one attached hydrogen (secondary N) is 1. The van der Waals surface area contributed by atoms with Crippen LogP contribution in [0.1, 0.15) is 25.8 Å². The van der Waals surface area contributed by atoms with Gasteiger partial charge in [0.1, 0.15) is 0 Å². The second-order valence-electron chi connectivity index (χ2n) is 6.38. The summed E-state index contributed by atoms with van der Waals surface area (Å²) < 4.78 is 2.14. The summed E-state index contributed by atoms with van der Waals surface area (Å²) in [5.74, 6) is 0.635. The molecule has 0 aliphatic heterocycles. The summed E-state index contributed by atoms with van der Waals surface area (Å²) in [6, 6.07) is 7.50. The second kappa shape index (κ2) is 8.24. The summed E-state index contributed by atoms with van der Waals surface area (Å²) in [5.41, 5.74) is 0.355. The molecule has 4 rings (SSSR count). The van der Waals surface area contributed by atoms with Crippen LogP contribution in [0.3, 0.4) is 0 Å². The first kappa shape index (κ1) is 20.0. The Morgan fingerprint density at radius 1 is 1.29 bits per heavy atom. The Morgan fingerprint density at radius 2 is 2.00 bits per heavy atom. The van der Waals surface area contributed by atoms with Gasteiger partial charge in [-0.25, -0.2) is 0 Å². The van der Waals surface area contributed by atoms with Crippen molar-refractivity contribution in [1.29, 1.82) is 0 Å². The molecule has 10 heteroatoms. The highest BCUT2D eigenvalue weighted by molar-refractivity contribution is 8.00. The van der Waals surface area contributed by atoms with Gasteiger partial charge in [0, 0.05) is 11.1 Å². The zero-order chi connectivity index (χ0) is 19.8. The lowest BCUT2D eigenvalue weighted by molar-refractivity contribution is -0.115. The van der Waals surface area contributed by atoms with Crippen LogP contribution in [0.25, 0.3) is 10.7 Å². The standard InChI is InChI=1S/C18H15Cl3N4OS2/c1-9(17(26)22-15-12(20)7-10(19)8-13(15)21)28-18-24-23-16(14-3-2-6-27-14)25(18)11-4-5-11/h2-3,6-9,11H,4-5H2,1H3,(H,22,26). The van der Waals surface area contributed by atoms with Crippen LogP contribution in [-0.4, -0.2) is 25.9 Å². The first-order valence-electron chi connectivity index (χ1n) is 8.55. The van der Waals surface area contributed by atoms with E-state index in [9.17, 15) is 4.79 Å². The number of rotatable bonds is 6. The molecule has 0 radical (unpaired) electrons. The van der Waals surface area contributed by atoms with Crippen LogP contribution in [0.15, 0.2) is 34.8 Å². The lowest BCUT2D eigenvalue weighted by atomic mass is 10.3. The van der Waals surface area contributed by atoms with Gasteiger partial charge in [-0.2, -0.15) is 0 Å². The van der Waals surface area contributed by atoms with Gasteiger partial charge in [0.25, 0.3) is 0 Å². The number of benzene rings is 1. The lowest BCUT2D eigenvalue weighted by Crippen LogP contribution is -2.23. The molecular weight excluding hydrogens is 459 g/mol. The summed E-state index contributed by atoms with van der Waals surface area (Å²) in [6.07, 6.45) is 2.20. The molecule has 1 aliphatic rings. The fourth-order valence-corrected chi connectivity index (χ4v) is 5.23. The molecule has 2 aromatic heterocycles. The molecule has 3 aromatic rings. The average molecular weight is 474 g/mol. The quantitative estimate of drug-likeness (QED) is 0.420. The van der Waals surface area contributed by atoms with E-state index < -0.39 is 5.25 Å². The molecule has 28 heavy (non-hydrogen) atoms. The highest BCUT2D eigenvalue weighted by Crippen LogP contribution is 2.42. The number of thioether (sulfide) groups is 1. The van der Waals surface area contributed by atoms with Gasteiger partial charge in [0.05, 0.1) is 25.9 Å². The highest BCUT2D eigenvalue weighted by Gasteiger charge is 2.32. The van der Waals surface area contributed by atoms with Crippen LogP contribution in [-0.2, 0) is 4.79 Å². The van der Waals surface area contributed by atoms with Crippen molar-refractivity contribution in [3.63, 3.8) is 0 Å². The SMILES string of the molecule is CC(Sc1nnc(-c2cccs2)n1C1CC1)C(=O)Nc1c(Cl)cc(Cl)cc1Cl. The van der Waals surface area contributed by atoms with Gasteiger partial charge in [-0.1, -0.05) is 52.6 Å². The van der Waals surface area contributed by atoms with E-state index in [1.165, 1.54) is 11.8 Å². The maximum Gasteiger partial charge on any atom is 0.237 e. The molecule has 1 amide bonds. The molecule has 0 bridgehead atoms. The predicted octanol–water partition coefficient (Wildman–Crippen LogP) is 6.42. The average Bonchev–Trinajstić information content (AvgIpc) is 3.16. The zero-order valence-corrected chi connectivity index (χ0v) is 18.6. The van der Waals surface area contributed by atoms with E-state index in [-0.39, 0.29) is 5.91 Å². The summed E-state index contributed by atoms with van der Waals surface area (Å²) in [4.78, 5) is 13.8. The first-order chi connectivity index (χ1) is 13.4. The summed E-state index contributed by atoms with van der Waals surface area (Å²) in [5, 5.41) is 14.8. The fourth-order valence-electron chi connectivity index (χ4n) is 2.69. The van der Waals surface area contributed by atoms with E-state index in [1.54, 1.807) is 23.5 Å². The number of hydrogen-bond acceptors (Lipinski definition) is 5. The van der Waals surface area contributed by atoms with Crippen LogP contribution < -0.4 is 5.32 Å². The van der Waals surface area contributed by atoms with E-state index >= 15 is 0 Å². The van der Waals surface area contributed by atoms with Crippen LogP contribution in [0.2, 0.25) is 15.1 Å². The van der Waals surface area contributed by atoms with Crippen LogP contribution in [0.4, 0.5) is 5.69 Å². The molecule has 1 aliphatic carbocycles. The maximum absolute atomic E-state index is 12.7. The van der Waals surface area contributed by atoms with Crippen LogP contribution in [0.5, 0.6) is 0 Å². The predicted molar refractivity (Wildman–Crippen MR) is 117 cm³/mol. The van der Waals surface area contributed by atoms with Gasteiger partial charge in [-0.3, -0.25) is 9.36 Å².